The number of aryl methyl sites for hydroxylation is 1. The van der Waals surface area contributed by atoms with Crippen molar-refractivity contribution in [3.63, 3.8) is 0 Å². The Morgan fingerprint density at radius 2 is 2.39 bits per heavy atom. The molecule has 1 aliphatic rings. The van der Waals surface area contributed by atoms with Gasteiger partial charge in [-0.25, -0.2) is 0 Å². The van der Waals surface area contributed by atoms with Crippen molar-refractivity contribution < 1.29 is 9.53 Å². The number of carbonyl (C=O) groups is 1. The molecule has 0 spiro atoms. The van der Waals surface area contributed by atoms with Gasteiger partial charge in [0.15, 0.2) is 0 Å². The molecule has 98 valence electrons. The summed E-state index contributed by atoms with van der Waals surface area (Å²) in [5.74, 6) is 0.276. The third kappa shape index (κ3) is 3.07. The maximum absolute atomic E-state index is 11.7. The van der Waals surface area contributed by atoms with Crippen molar-refractivity contribution in [2.45, 2.75) is 38.8 Å². The third-order valence-corrected chi connectivity index (χ3v) is 3.40. The second-order valence-corrected chi connectivity index (χ2v) is 4.68. The summed E-state index contributed by atoms with van der Waals surface area (Å²) in [5, 5.41) is 3.29. The van der Waals surface area contributed by atoms with Gasteiger partial charge in [0.1, 0.15) is 6.04 Å². The smallest absolute Gasteiger partial charge is 0.323 e. The summed E-state index contributed by atoms with van der Waals surface area (Å²) in [7, 11) is 1.44. The van der Waals surface area contributed by atoms with Crippen LogP contribution in [-0.4, -0.2) is 24.1 Å². The highest BCUT2D eigenvalue weighted by Gasteiger charge is 2.36. The van der Waals surface area contributed by atoms with E-state index >= 15 is 0 Å². The first-order valence-electron chi connectivity index (χ1n) is 6.50. The molecule has 1 aromatic heterocycles. The number of carbonyl (C=O) groups excluding carboxylic acids is 1. The van der Waals surface area contributed by atoms with Crippen molar-refractivity contribution in [1.29, 1.82) is 0 Å². The minimum absolute atomic E-state index is 0.161. The molecule has 0 radical (unpaired) electrons. The average molecular weight is 248 g/mol. The van der Waals surface area contributed by atoms with Gasteiger partial charge in [0.05, 0.1) is 12.8 Å². The Hall–Kier alpha value is -1.42. The predicted molar refractivity (Wildman–Crippen MR) is 69.0 cm³/mol. The molecule has 1 fully saturated rings. The van der Waals surface area contributed by atoms with Crippen LogP contribution >= 0.6 is 0 Å². The van der Waals surface area contributed by atoms with Crippen molar-refractivity contribution in [2.24, 2.45) is 5.92 Å². The summed E-state index contributed by atoms with van der Waals surface area (Å²) in [5.41, 5.74) is 2.25. The lowest BCUT2D eigenvalue weighted by molar-refractivity contribution is -0.143. The normalized spacial score (nSPS) is 16.3. The molecule has 1 atom stereocenters. The third-order valence-electron chi connectivity index (χ3n) is 3.40. The number of hydrogen-bond acceptors (Lipinski definition) is 4. The van der Waals surface area contributed by atoms with E-state index in [4.69, 9.17) is 4.74 Å². The van der Waals surface area contributed by atoms with Crippen LogP contribution in [0.25, 0.3) is 0 Å². The van der Waals surface area contributed by atoms with E-state index in [9.17, 15) is 4.79 Å². The van der Waals surface area contributed by atoms with Gasteiger partial charge in [-0.3, -0.25) is 15.1 Å². The lowest BCUT2D eigenvalue weighted by Crippen LogP contribution is -2.39. The molecule has 1 aromatic rings. The monoisotopic (exact) mass is 248 g/mol. The molecule has 0 aromatic carbocycles. The highest BCUT2D eigenvalue weighted by Crippen LogP contribution is 2.33. The first kappa shape index (κ1) is 13.0. The quantitative estimate of drug-likeness (QED) is 0.778. The van der Waals surface area contributed by atoms with Gasteiger partial charge < -0.3 is 4.74 Å². The Morgan fingerprint density at radius 3 is 3.00 bits per heavy atom. The number of rotatable bonds is 6. The van der Waals surface area contributed by atoms with Crippen LogP contribution in [0, 0.1) is 5.92 Å². The number of ether oxygens (including phenoxy) is 1. The maximum atomic E-state index is 11.7. The molecule has 1 aliphatic carbocycles. The molecule has 0 saturated heterocycles. The Balaban J connectivity index is 1.98. The fourth-order valence-corrected chi connectivity index (χ4v) is 2.16. The fourth-order valence-electron chi connectivity index (χ4n) is 2.16. The van der Waals surface area contributed by atoms with Gasteiger partial charge in [0, 0.05) is 12.7 Å². The van der Waals surface area contributed by atoms with Crippen LogP contribution in [0.1, 0.15) is 31.0 Å². The van der Waals surface area contributed by atoms with Gasteiger partial charge in [-0.15, -0.1) is 0 Å². The fraction of sp³-hybridized carbons (Fsp3) is 0.571. The van der Waals surface area contributed by atoms with Crippen molar-refractivity contribution in [1.82, 2.24) is 10.3 Å². The van der Waals surface area contributed by atoms with Crippen LogP contribution in [0.4, 0.5) is 0 Å². The number of nitrogens with zero attached hydrogens (tertiary/aromatic N) is 1. The van der Waals surface area contributed by atoms with Gasteiger partial charge in [-0.05, 0) is 36.8 Å². The molecule has 4 nitrogen and oxygen atoms in total. The Labute approximate surface area is 108 Å². The molecule has 0 amide bonds. The van der Waals surface area contributed by atoms with E-state index < -0.39 is 0 Å². The van der Waals surface area contributed by atoms with Crippen LogP contribution in [0.15, 0.2) is 18.3 Å². The van der Waals surface area contributed by atoms with E-state index in [2.05, 4.69) is 23.3 Å². The highest BCUT2D eigenvalue weighted by molar-refractivity contribution is 5.76. The zero-order valence-electron chi connectivity index (χ0n) is 11.0. The summed E-state index contributed by atoms with van der Waals surface area (Å²) >= 11 is 0. The number of nitrogens with one attached hydrogen (secondary N) is 1. The van der Waals surface area contributed by atoms with Crippen molar-refractivity contribution >= 4 is 5.97 Å². The van der Waals surface area contributed by atoms with E-state index in [1.165, 1.54) is 12.7 Å². The van der Waals surface area contributed by atoms with Gasteiger partial charge >= 0.3 is 5.97 Å². The van der Waals surface area contributed by atoms with Crippen molar-refractivity contribution in [3.8, 4) is 0 Å². The molecule has 0 bridgehead atoms. The summed E-state index contributed by atoms with van der Waals surface area (Å²) in [6, 6.07) is 3.84. The maximum Gasteiger partial charge on any atom is 0.323 e. The van der Waals surface area contributed by atoms with E-state index in [-0.39, 0.29) is 12.0 Å². The summed E-state index contributed by atoms with van der Waals surface area (Å²) in [6.45, 7) is 2.74. The Kier molecular flexibility index (Phi) is 4.31. The van der Waals surface area contributed by atoms with Crippen molar-refractivity contribution in [3.05, 3.63) is 29.6 Å². The summed E-state index contributed by atoms with van der Waals surface area (Å²) in [4.78, 5) is 16.0. The number of methoxy groups -OCH3 is 1. The molecule has 1 heterocycles. The van der Waals surface area contributed by atoms with E-state index in [0.717, 1.165) is 25.0 Å². The van der Waals surface area contributed by atoms with Gasteiger partial charge in [-0.2, -0.15) is 0 Å². The van der Waals surface area contributed by atoms with E-state index in [1.54, 1.807) is 6.20 Å². The second kappa shape index (κ2) is 5.96. The van der Waals surface area contributed by atoms with Crippen LogP contribution in [-0.2, 0) is 22.5 Å². The van der Waals surface area contributed by atoms with Crippen LogP contribution in [0.3, 0.4) is 0 Å². The average Bonchev–Trinajstić information content (AvgIpc) is 3.23. The van der Waals surface area contributed by atoms with Gasteiger partial charge in [0.25, 0.3) is 0 Å². The molecular weight excluding hydrogens is 228 g/mol. The lowest BCUT2D eigenvalue weighted by atomic mass is 10.1. The Morgan fingerprint density at radius 1 is 1.61 bits per heavy atom. The minimum Gasteiger partial charge on any atom is -0.468 e. The molecule has 2 rings (SSSR count). The second-order valence-electron chi connectivity index (χ2n) is 4.68. The first-order valence-corrected chi connectivity index (χ1v) is 6.50. The predicted octanol–water partition coefficient (Wildman–Crippen LogP) is 1.69. The van der Waals surface area contributed by atoms with Crippen LogP contribution < -0.4 is 5.32 Å². The first-order chi connectivity index (χ1) is 8.76. The van der Waals surface area contributed by atoms with Crippen molar-refractivity contribution in [2.75, 3.05) is 7.11 Å². The lowest BCUT2D eigenvalue weighted by Gasteiger charge is -2.16. The standard InChI is InChI=1S/C14H20N2O2/c1-3-10-5-4-8-15-12(10)9-16-13(11-6-7-11)14(17)18-2/h4-5,8,11,13,16H,3,6-7,9H2,1-2H3. The molecular formula is C14H20N2O2. The SMILES string of the molecule is CCc1cccnc1CNC(C(=O)OC)C1CC1. The molecule has 0 aliphatic heterocycles. The number of pyridine rings is 1. The number of aromatic nitrogens is 1. The largest absolute Gasteiger partial charge is 0.468 e. The number of hydrogen-bond donors (Lipinski definition) is 1. The van der Waals surface area contributed by atoms with Crippen LogP contribution in [0.2, 0.25) is 0 Å². The topological polar surface area (TPSA) is 51.2 Å². The van der Waals surface area contributed by atoms with E-state index in [1.807, 2.05) is 6.07 Å². The zero-order chi connectivity index (χ0) is 13.0. The minimum atomic E-state index is -0.179. The Bertz CT molecular complexity index is 416. The molecule has 1 unspecified atom stereocenters. The van der Waals surface area contributed by atoms with Gasteiger partial charge in [-0.1, -0.05) is 13.0 Å². The molecule has 18 heavy (non-hydrogen) atoms. The summed E-state index contributed by atoms with van der Waals surface area (Å²) in [6.07, 6.45) is 4.96. The molecule has 1 saturated carbocycles. The molecule has 1 N–H and O–H groups in total. The molecule has 4 heteroatoms. The summed E-state index contributed by atoms with van der Waals surface area (Å²) < 4.78 is 4.84. The van der Waals surface area contributed by atoms with E-state index in [0.29, 0.717) is 12.5 Å². The number of esters is 1. The highest BCUT2D eigenvalue weighted by atomic mass is 16.5. The van der Waals surface area contributed by atoms with Crippen LogP contribution in [0.5, 0.6) is 0 Å². The van der Waals surface area contributed by atoms with Gasteiger partial charge in [0.2, 0.25) is 0 Å². The zero-order valence-corrected chi connectivity index (χ0v) is 11.0.